The second kappa shape index (κ2) is 10.8. The SMILES string of the molecule is [2H]c1c([2H])c([2H])c2c(c1[2H])Oc1c([2H])c([2H])c(N(c3ccc4c(c3)C(C)(C)CCC4(C)C)c3ccc4c(c3)C(C)(C)CCC4(C)C)c([2H])c1C21C2CC3CC(C2)CC1C3. The molecule has 4 bridgehead atoms. The van der Waals surface area contributed by atoms with Crippen molar-refractivity contribution in [1.29, 1.82) is 0 Å². The van der Waals surface area contributed by atoms with E-state index < -0.39 is 5.41 Å². The van der Waals surface area contributed by atoms with Crippen LogP contribution in [0.5, 0.6) is 11.5 Å². The van der Waals surface area contributed by atoms with Gasteiger partial charge in [-0.1, -0.05) is 85.6 Å². The summed E-state index contributed by atoms with van der Waals surface area (Å²) in [4.78, 5) is 2.08. The van der Waals surface area contributed by atoms with Gasteiger partial charge in [0.05, 0.1) is 9.60 Å². The molecule has 270 valence electrons. The summed E-state index contributed by atoms with van der Waals surface area (Å²) in [5.41, 5.74) is 7.06. The average Bonchev–Trinajstić information content (AvgIpc) is 3.18. The Kier molecular flexibility index (Phi) is 5.46. The third kappa shape index (κ3) is 4.61. The number of ether oxygens (including phenoxy) is 1. The number of hydrogen-bond acceptors (Lipinski definition) is 2. The molecule has 4 aromatic carbocycles. The van der Waals surface area contributed by atoms with Gasteiger partial charge in [-0.15, -0.1) is 0 Å². The van der Waals surface area contributed by atoms with Gasteiger partial charge < -0.3 is 9.64 Å². The third-order valence-corrected chi connectivity index (χ3v) is 15.3. The third-order valence-electron chi connectivity index (χ3n) is 15.3. The van der Waals surface area contributed by atoms with E-state index in [0.717, 1.165) is 62.7 Å². The van der Waals surface area contributed by atoms with E-state index >= 15 is 0 Å². The molecule has 6 aliphatic carbocycles. The van der Waals surface area contributed by atoms with E-state index in [0.29, 0.717) is 28.7 Å². The van der Waals surface area contributed by atoms with Gasteiger partial charge in [-0.3, -0.25) is 0 Å². The molecule has 1 spiro atoms. The number of rotatable bonds is 3. The molecule has 1 heterocycles. The van der Waals surface area contributed by atoms with Gasteiger partial charge in [0.1, 0.15) is 11.5 Å². The van der Waals surface area contributed by atoms with Crippen molar-refractivity contribution in [1.82, 2.24) is 0 Å². The number of fused-ring (bicyclic) bond motifs is 4. The lowest BCUT2D eigenvalue weighted by molar-refractivity contribution is -0.0452. The Morgan fingerprint density at radius 3 is 1.54 bits per heavy atom. The first-order valence-electron chi connectivity index (χ1n) is 23.6. The van der Waals surface area contributed by atoms with Crippen LogP contribution in [0.15, 0.2) is 78.7 Å². The van der Waals surface area contributed by atoms with Gasteiger partial charge in [0, 0.05) is 33.6 Å². The zero-order chi connectivity index (χ0) is 42.1. The number of hydrogen-bond donors (Lipinski definition) is 0. The predicted molar refractivity (Wildman–Crippen MR) is 216 cm³/mol. The summed E-state index contributed by atoms with van der Waals surface area (Å²) in [7, 11) is 0. The summed E-state index contributed by atoms with van der Waals surface area (Å²) in [5.74, 6) is 1.33. The van der Waals surface area contributed by atoms with E-state index in [2.05, 4.69) is 96.7 Å². The number of para-hydroxylation sites is 1. The molecule has 0 saturated heterocycles. The van der Waals surface area contributed by atoms with Gasteiger partial charge in [-0.05, 0) is 174 Å². The minimum atomic E-state index is -0.947. The minimum absolute atomic E-state index is 0.00611. The fourth-order valence-corrected chi connectivity index (χ4v) is 12.3. The molecule has 4 fully saturated rings. The van der Waals surface area contributed by atoms with Crippen molar-refractivity contribution in [3.05, 3.63) is 112 Å². The average molecular weight is 697 g/mol. The maximum absolute atomic E-state index is 10.6. The zero-order valence-electron chi connectivity index (χ0n) is 39.5. The Hall–Kier alpha value is -3.52. The smallest absolute Gasteiger partial charge is 0.131 e. The molecule has 0 N–H and O–H groups in total. The van der Waals surface area contributed by atoms with Gasteiger partial charge in [0.25, 0.3) is 0 Å². The molecule has 0 atom stereocenters. The highest BCUT2D eigenvalue weighted by Crippen LogP contribution is 2.69. The largest absolute Gasteiger partial charge is 0.457 e. The van der Waals surface area contributed by atoms with Gasteiger partial charge in [0.2, 0.25) is 0 Å². The second-order valence-electron chi connectivity index (χ2n) is 20.2. The first-order chi connectivity index (χ1) is 27.6. The fourth-order valence-electron chi connectivity index (χ4n) is 12.3. The lowest BCUT2D eigenvalue weighted by atomic mass is 9.42. The first kappa shape index (κ1) is 26.3. The topological polar surface area (TPSA) is 12.5 Å². The fraction of sp³-hybridized carbons (Fsp3) is 0.520. The van der Waals surface area contributed by atoms with Crippen LogP contribution in [-0.4, -0.2) is 0 Å². The molecule has 7 aliphatic rings. The quantitative estimate of drug-likeness (QED) is 0.211. The zero-order valence-corrected chi connectivity index (χ0v) is 32.5. The van der Waals surface area contributed by atoms with Gasteiger partial charge in [-0.2, -0.15) is 0 Å². The molecule has 2 nitrogen and oxygen atoms in total. The summed E-state index contributed by atoms with van der Waals surface area (Å²) < 4.78 is 73.2. The van der Waals surface area contributed by atoms with E-state index in [1.165, 1.54) is 28.7 Å². The van der Waals surface area contributed by atoms with Crippen molar-refractivity contribution in [3.63, 3.8) is 0 Å². The molecule has 11 rings (SSSR count). The van der Waals surface area contributed by atoms with E-state index in [-0.39, 0.29) is 87.3 Å². The van der Waals surface area contributed by atoms with Crippen LogP contribution in [0.4, 0.5) is 17.1 Å². The highest BCUT2D eigenvalue weighted by Gasteiger charge is 2.61. The lowest BCUT2D eigenvalue weighted by Gasteiger charge is -2.63. The number of benzene rings is 4. The lowest BCUT2D eigenvalue weighted by Crippen LogP contribution is -2.57. The Morgan fingerprint density at radius 1 is 0.519 bits per heavy atom. The van der Waals surface area contributed by atoms with Crippen LogP contribution >= 0.6 is 0 Å². The Balaban J connectivity index is 1.30. The molecule has 1 aliphatic heterocycles. The summed E-state index contributed by atoms with van der Waals surface area (Å²) >= 11 is 0. The van der Waals surface area contributed by atoms with Gasteiger partial charge in [0.15, 0.2) is 0 Å². The maximum atomic E-state index is 10.6. The molecule has 0 radical (unpaired) electrons. The minimum Gasteiger partial charge on any atom is -0.457 e. The van der Waals surface area contributed by atoms with E-state index in [1.54, 1.807) is 0 Å². The normalized spacial score (nSPS) is 32.3. The standard InChI is InChI=1S/C50H59NO/c1-46(2)19-21-48(5,6)41-28-35(13-16-38(41)46)51(36-14-17-39-42(29-36)49(7,8)22-20-47(39,3)4)37-15-18-45-43(30-37)50(40-11-9-10-12-44(40)52-45)33-24-31-23-32(26-33)27-34(50)25-31/h9-18,28-34H,19-27H2,1-8H3/i9D,10D,11D,12D,15D,18D,30D. The Bertz CT molecular complexity index is 2390. The van der Waals surface area contributed by atoms with Crippen molar-refractivity contribution in [2.45, 2.75) is 140 Å². The first-order valence-corrected chi connectivity index (χ1v) is 20.1. The summed E-state index contributed by atoms with van der Waals surface area (Å²) in [6.07, 6.45) is 9.07. The Morgan fingerprint density at radius 2 is 1.00 bits per heavy atom. The monoisotopic (exact) mass is 697 g/mol. The van der Waals surface area contributed by atoms with E-state index in [4.69, 9.17) is 8.85 Å². The molecule has 4 aromatic rings. The molecule has 0 amide bonds. The maximum Gasteiger partial charge on any atom is 0.131 e. The van der Waals surface area contributed by atoms with Crippen molar-refractivity contribution in [3.8, 4) is 11.5 Å². The van der Waals surface area contributed by atoms with Crippen molar-refractivity contribution in [2.75, 3.05) is 4.90 Å². The van der Waals surface area contributed by atoms with Crippen LogP contribution in [0.25, 0.3) is 0 Å². The van der Waals surface area contributed by atoms with E-state index in [1.807, 2.05) is 0 Å². The highest BCUT2D eigenvalue weighted by molar-refractivity contribution is 5.80. The van der Waals surface area contributed by atoms with Crippen LogP contribution in [0, 0.1) is 23.7 Å². The molecule has 2 heteroatoms. The predicted octanol–water partition coefficient (Wildman–Crippen LogP) is 13.7. The van der Waals surface area contributed by atoms with Crippen LogP contribution in [0.3, 0.4) is 0 Å². The molecule has 52 heavy (non-hydrogen) atoms. The molecular formula is C50H59NO. The highest BCUT2D eigenvalue weighted by atomic mass is 16.5. The second-order valence-corrected chi connectivity index (χ2v) is 20.2. The van der Waals surface area contributed by atoms with Crippen LogP contribution < -0.4 is 9.64 Å². The van der Waals surface area contributed by atoms with Gasteiger partial charge >= 0.3 is 0 Å². The summed E-state index contributed by atoms with van der Waals surface area (Å²) in [5, 5.41) is 0. The summed E-state index contributed by atoms with van der Waals surface area (Å²) in [6, 6.07) is 12.3. The van der Waals surface area contributed by atoms with Crippen molar-refractivity contribution >= 4 is 17.1 Å². The van der Waals surface area contributed by atoms with Crippen molar-refractivity contribution < 1.29 is 14.3 Å². The molecule has 0 aromatic heterocycles. The van der Waals surface area contributed by atoms with Gasteiger partial charge in [-0.25, -0.2) is 0 Å². The van der Waals surface area contributed by atoms with Crippen LogP contribution in [-0.2, 0) is 27.1 Å². The number of anilines is 3. The molecule has 0 unspecified atom stereocenters. The Labute approximate surface area is 323 Å². The van der Waals surface area contributed by atoms with E-state index in [9.17, 15) is 5.48 Å². The number of nitrogens with zero attached hydrogens (tertiary/aromatic N) is 1. The summed E-state index contributed by atoms with van der Waals surface area (Å²) in [6.45, 7) is 18.6. The molecular weight excluding hydrogens is 631 g/mol. The van der Waals surface area contributed by atoms with Crippen LogP contribution in [0.1, 0.15) is 156 Å². The van der Waals surface area contributed by atoms with Crippen molar-refractivity contribution in [2.24, 2.45) is 23.7 Å². The molecule has 4 saturated carbocycles. The van der Waals surface area contributed by atoms with Crippen LogP contribution in [0.2, 0.25) is 0 Å².